The highest BCUT2D eigenvalue weighted by Crippen LogP contribution is 2.32. The van der Waals surface area contributed by atoms with Gasteiger partial charge in [-0.3, -0.25) is 0 Å². The molecule has 64 valence electrons. The minimum atomic E-state index is 0.882. The van der Waals surface area contributed by atoms with Crippen molar-refractivity contribution in [1.82, 2.24) is 5.32 Å². The third-order valence-corrected chi connectivity index (χ3v) is 3.35. The van der Waals surface area contributed by atoms with Crippen molar-refractivity contribution in [2.24, 2.45) is 11.8 Å². The zero-order valence-electron chi connectivity index (χ0n) is 7.47. The van der Waals surface area contributed by atoms with Gasteiger partial charge in [0.05, 0.1) is 0 Å². The Kier molecular flexibility index (Phi) is 2.17. The molecule has 1 N–H and O–H groups in total. The normalized spacial score (nSPS) is 40.1. The van der Waals surface area contributed by atoms with Crippen molar-refractivity contribution in [1.29, 1.82) is 0 Å². The summed E-state index contributed by atoms with van der Waals surface area (Å²) in [5.41, 5.74) is 0. The summed E-state index contributed by atoms with van der Waals surface area (Å²) in [6.45, 7) is 3.63. The molecule has 0 amide bonds. The van der Waals surface area contributed by atoms with E-state index in [0.717, 1.165) is 17.9 Å². The van der Waals surface area contributed by atoms with Gasteiger partial charge in [-0.05, 0) is 37.6 Å². The molecule has 0 unspecified atom stereocenters. The van der Waals surface area contributed by atoms with E-state index in [1.54, 1.807) is 0 Å². The van der Waals surface area contributed by atoms with Crippen molar-refractivity contribution in [3.63, 3.8) is 0 Å². The predicted octanol–water partition coefficient (Wildman–Crippen LogP) is 2.17. The number of hydrogen-bond acceptors (Lipinski definition) is 1. The SMILES string of the molecule is C[C@@H]1CN[C@H](C2CCCC2)C1. The van der Waals surface area contributed by atoms with Crippen LogP contribution >= 0.6 is 0 Å². The van der Waals surface area contributed by atoms with E-state index in [1.807, 2.05) is 0 Å². The highest BCUT2D eigenvalue weighted by atomic mass is 15.0. The van der Waals surface area contributed by atoms with Crippen LogP contribution < -0.4 is 5.32 Å². The number of hydrogen-bond donors (Lipinski definition) is 1. The van der Waals surface area contributed by atoms with Crippen molar-refractivity contribution < 1.29 is 0 Å². The quantitative estimate of drug-likeness (QED) is 0.609. The Morgan fingerprint density at radius 3 is 2.45 bits per heavy atom. The molecule has 1 saturated heterocycles. The fourth-order valence-corrected chi connectivity index (χ4v) is 2.67. The maximum atomic E-state index is 3.65. The fraction of sp³-hybridized carbons (Fsp3) is 1.00. The lowest BCUT2D eigenvalue weighted by Gasteiger charge is -2.17. The molecule has 11 heavy (non-hydrogen) atoms. The molecule has 1 heteroatoms. The average molecular weight is 153 g/mol. The molecular formula is C10H19N. The van der Waals surface area contributed by atoms with Gasteiger partial charge in [0.1, 0.15) is 0 Å². The second-order valence-electron chi connectivity index (χ2n) is 4.40. The van der Waals surface area contributed by atoms with Crippen LogP contribution in [-0.4, -0.2) is 12.6 Å². The Labute approximate surface area is 69.6 Å². The summed E-state index contributed by atoms with van der Waals surface area (Å²) >= 11 is 0. The first-order valence-corrected chi connectivity index (χ1v) is 5.09. The van der Waals surface area contributed by atoms with Gasteiger partial charge in [0, 0.05) is 6.04 Å². The molecule has 0 radical (unpaired) electrons. The maximum absolute atomic E-state index is 3.65. The molecule has 1 saturated carbocycles. The van der Waals surface area contributed by atoms with Gasteiger partial charge >= 0.3 is 0 Å². The first-order valence-electron chi connectivity index (χ1n) is 5.09. The third kappa shape index (κ3) is 1.58. The minimum Gasteiger partial charge on any atom is -0.313 e. The molecule has 0 aromatic rings. The van der Waals surface area contributed by atoms with Gasteiger partial charge in [-0.15, -0.1) is 0 Å². The molecule has 0 aromatic heterocycles. The van der Waals surface area contributed by atoms with Gasteiger partial charge < -0.3 is 5.32 Å². The lowest BCUT2D eigenvalue weighted by atomic mass is 9.94. The molecule has 0 bridgehead atoms. The van der Waals surface area contributed by atoms with Crippen molar-refractivity contribution in [3.05, 3.63) is 0 Å². The first kappa shape index (κ1) is 7.60. The monoisotopic (exact) mass is 153 g/mol. The molecule has 2 fully saturated rings. The fourth-order valence-electron chi connectivity index (χ4n) is 2.67. The second kappa shape index (κ2) is 3.14. The Morgan fingerprint density at radius 1 is 1.18 bits per heavy atom. The Morgan fingerprint density at radius 2 is 1.91 bits per heavy atom. The topological polar surface area (TPSA) is 12.0 Å². The third-order valence-electron chi connectivity index (χ3n) is 3.35. The molecule has 1 aliphatic carbocycles. The number of rotatable bonds is 1. The molecule has 1 heterocycles. The van der Waals surface area contributed by atoms with Gasteiger partial charge in [-0.1, -0.05) is 19.8 Å². The summed E-state index contributed by atoms with van der Waals surface area (Å²) in [5, 5.41) is 3.65. The summed E-state index contributed by atoms with van der Waals surface area (Å²) in [7, 11) is 0. The van der Waals surface area contributed by atoms with Crippen molar-refractivity contribution in [3.8, 4) is 0 Å². The van der Waals surface area contributed by atoms with Crippen molar-refractivity contribution >= 4 is 0 Å². The number of nitrogens with one attached hydrogen (secondary N) is 1. The molecule has 0 aromatic carbocycles. The van der Waals surface area contributed by atoms with E-state index in [1.165, 1.54) is 38.6 Å². The van der Waals surface area contributed by atoms with E-state index in [2.05, 4.69) is 12.2 Å². The van der Waals surface area contributed by atoms with Crippen LogP contribution in [0.5, 0.6) is 0 Å². The second-order valence-corrected chi connectivity index (χ2v) is 4.40. The molecule has 2 rings (SSSR count). The van der Waals surface area contributed by atoms with Gasteiger partial charge in [0.15, 0.2) is 0 Å². The molecule has 0 spiro atoms. The summed E-state index contributed by atoms with van der Waals surface area (Å²) in [6.07, 6.45) is 7.38. The van der Waals surface area contributed by atoms with Crippen LogP contribution in [0.2, 0.25) is 0 Å². The average Bonchev–Trinajstić information content (AvgIpc) is 2.55. The van der Waals surface area contributed by atoms with E-state index in [9.17, 15) is 0 Å². The molecule has 2 aliphatic rings. The van der Waals surface area contributed by atoms with Crippen LogP contribution in [0.4, 0.5) is 0 Å². The summed E-state index contributed by atoms with van der Waals surface area (Å²) in [5.74, 6) is 1.96. The largest absolute Gasteiger partial charge is 0.313 e. The van der Waals surface area contributed by atoms with E-state index in [0.29, 0.717) is 0 Å². The summed E-state index contributed by atoms with van der Waals surface area (Å²) in [4.78, 5) is 0. The highest BCUT2D eigenvalue weighted by molar-refractivity contribution is 4.86. The highest BCUT2D eigenvalue weighted by Gasteiger charge is 2.29. The van der Waals surface area contributed by atoms with Crippen LogP contribution in [-0.2, 0) is 0 Å². The minimum absolute atomic E-state index is 0.882. The lowest BCUT2D eigenvalue weighted by molar-refractivity contribution is 0.392. The van der Waals surface area contributed by atoms with E-state index in [4.69, 9.17) is 0 Å². The van der Waals surface area contributed by atoms with Crippen LogP contribution in [0.3, 0.4) is 0 Å². The van der Waals surface area contributed by atoms with E-state index >= 15 is 0 Å². The van der Waals surface area contributed by atoms with Crippen molar-refractivity contribution in [2.45, 2.75) is 45.1 Å². The zero-order valence-corrected chi connectivity index (χ0v) is 7.47. The van der Waals surface area contributed by atoms with Crippen LogP contribution in [0.25, 0.3) is 0 Å². The van der Waals surface area contributed by atoms with Gasteiger partial charge in [-0.2, -0.15) is 0 Å². The molecular weight excluding hydrogens is 134 g/mol. The first-order chi connectivity index (χ1) is 5.36. The molecule has 1 nitrogen and oxygen atoms in total. The predicted molar refractivity (Wildman–Crippen MR) is 47.5 cm³/mol. The van der Waals surface area contributed by atoms with Crippen LogP contribution in [0.15, 0.2) is 0 Å². The maximum Gasteiger partial charge on any atom is 0.00984 e. The van der Waals surface area contributed by atoms with Gasteiger partial charge in [0.2, 0.25) is 0 Å². The smallest absolute Gasteiger partial charge is 0.00984 e. The van der Waals surface area contributed by atoms with Gasteiger partial charge in [0.25, 0.3) is 0 Å². The molecule has 1 aliphatic heterocycles. The summed E-state index contributed by atoms with van der Waals surface area (Å²) in [6, 6.07) is 0.882. The lowest BCUT2D eigenvalue weighted by Crippen LogP contribution is -2.28. The van der Waals surface area contributed by atoms with Crippen LogP contribution in [0.1, 0.15) is 39.0 Å². The standard InChI is InChI=1S/C10H19N/c1-8-6-10(11-7-8)9-4-2-3-5-9/h8-11H,2-7H2,1H3/t8-,10-/m0/s1. The van der Waals surface area contributed by atoms with Crippen molar-refractivity contribution in [2.75, 3.05) is 6.54 Å². The Bertz CT molecular complexity index is 127. The van der Waals surface area contributed by atoms with E-state index in [-0.39, 0.29) is 0 Å². The summed E-state index contributed by atoms with van der Waals surface area (Å²) < 4.78 is 0. The zero-order chi connectivity index (χ0) is 7.68. The Hall–Kier alpha value is -0.0400. The van der Waals surface area contributed by atoms with Gasteiger partial charge in [-0.25, -0.2) is 0 Å². The van der Waals surface area contributed by atoms with Crippen LogP contribution in [0, 0.1) is 11.8 Å². The van der Waals surface area contributed by atoms with E-state index < -0.39 is 0 Å². The Balaban J connectivity index is 1.85. The molecule has 2 atom stereocenters.